The molecule has 0 aliphatic carbocycles. The lowest BCUT2D eigenvalue weighted by atomic mass is 10.1. The van der Waals surface area contributed by atoms with Crippen LogP contribution in [0, 0.1) is 0 Å². The van der Waals surface area contributed by atoms with Crippen molar-refractivity contribution in [2.45, 2.75) is 0 Å². The summed E-state index contributed by atoms with van der Waals surface area (Å²) in [7, 11) is 3.00. The van der Waals surface area contributed by atoms with Gasteiger partial charge in [0.1, 0.15) is 11.5 Å². The highest BCUT2D eigenvalue weighted by atomic mass is 16.5. The van der Waals surface area contributed by atoms with Crippen molar-refractivity contribution in [1.82, 2.24) is 20.6 Å². The number of nitrogens with one attached hydrogen (secondary N) is 2. The normalized spacial score (nSPS) is 9.89. The van der Waals surface area contributed by atoms with Crippen LogP contribution in [0.1, 0.15) is 10.4 Å². The molecule has 0 spiro atoms. The van der Waals surface area contributed by atoms with Crippen molar-refractivity contribution in [1.29, 1.82) is 0 Å². The molecule has 0 radical (unpaired) electrons. The number of H-pyrrole nitrogens is 1. The SMILES string of the molecule is COc1ccc(OC)c(C(=O)Nc2nn[nH]n2)c1. The molecule has 18 heavy (non-hydrogen) atoms. The molecular formula is C10H11N5O3. The molecule has 8 nitrogen and oxygen atoms in total. The van der Waals surface area contributed by atoms with E-state index in [0.717, 1.165) is 0 Å². The number of hydrogen-bond acceptors (Lipinski definition) is 6. The summed E-state index contributed by atoms with van der Waals surface area (Å²) in [6.07, 6.45) is 0. The van der Waals surface area contributed by atoms with Gasteiger partial charge in [0.15, 0.2) is 0 Å². The molecule has 1 aromatic carbocycles. The molecule has 1 aromatic heterocycles. The van der Waals surface area contributed by atoms with Gasteiger partial charge in [0, 0.05) is 0 Å². The Morgan fingerprint density at radius 2 is 2.17 bits per heavy atom. The van der Waals surface area contributed by atoms with Gasteiger partial charge in [0.25, 0.3) is 11.9 Å². The zero-order valence-corrected chi connectivity index (χ0v) is 9.80. The maximum atomic E-state index is 12.0. The van der Waals surface area contributed by atoms with Gasteiger partial charge in [0.05, 0.1) is 19.8 Å². The van der Waals surface area contributed by atoms with E-state index in [1.54, 1.807) is 18.2 Å². The molecule has 2 aromatic rings. The number of aromatic amines is 1. The fourth-order valence-corrected chi connectivity index (χ4v) is 1.38. The van der Waals surface area contributed by atoms with E-state index in [2.05, 4.69) is 25.9 Å². The fourth-order valence-electron chi connectivity index (χ4n) is 1.38. The first kappa shape index (κ1) is 11.8. The smallest absolute Gasteiger partial charge is 0.270 e. The highest BCUT2D eigenvalue weighted by Crippen LogP contribution is 2.24. The van der Waals surface area contributed by atoms with Crippen LogP contribution in [0.5, 0.6) is 11.5 Å². The Bertz CT molecular complexity index is 540. The maximum Gasteiger partial charge on any atom is 0.270 e. The molecule has 0 fully saturated rings. The van der Waals surface area contributed by atoms with Crippen molar-refractivity contribution in [3.05, 3.63) is 23.8 Å². The molecule has 0 saturated carbocycles. The number of aromatic nitrogens is 4. The van der Waals surface area contributed by atoms with Crippen LogP contribution in [0.4, 0.5) is 5.95 Å². The van der Waals surface area contributed by atoms with Crippen molar-refractivity contribution in [2.75, 3.05) is 19.5 Å². The van der Waals surface area contributed by atoms with Crippen LogP contribution in [0.25, 0.3) is 0 Å². The summed E-state index contributed by atoms with van der Waals surface area (Å²) in [5.74, 6) is 0.655. The summed E-state index contributed by atoms with van der Waals surface area (Å²) in [5, 5.41) is 15.3. The van der Waals surface area contributed by atoms with Gasteiger partial charge in [-0.05, 0) is 23.4 Å². The molecule has 0 saturated heterocycles. The average molecular weight is 249 g/mol. The van der Waals surface area contributed by atoms with E-state index in [4.69, 9.17) is 9.47 Å². The van der Waals surface area contributed by atoms with Gasteiger partial charge in [0.2, 0.25) is 0 Å². The van der Waals surface area contributed by atoms with E-state index in [-0.39, 0.29) is 5.95 Å². The van der Waals surface area contributed by atoms with Crippen LogP contribution < -0.4 is 14.8 Å². The number of carbonyl (C=O) groups is 1. The van der Waals surface area contributed by atoms with E-state index >= 15 is 0 Å². The predicted molar refractivity (Wildman–Crippen MR) is 61.7 cm³/mol. The summed E-state index contributed by atoms with van der Waals surface area (Å²) < 4.78 is 10.2. The largest absolute Gasteiger partial charge is 0.497 e. The van der Waals surface area contributed by atoms with E-state index < -0.39 is 5.91 Å². The molecule has 2 N–H and O–H groups in total. The second-order valence-corrected chi connectivity index (χ2v) is 3.26. The zero-order chi connectivity index (χ0) is 13.0. The molecule has 1 heterocycles. The minimum atomic E-state index is -0.410. The van der Waals surface area contributed by atoms with Gasteiger partial charge >= 0.3 is 0 Å². The first-order valence-corrected chi connectivity index (χ1v) is 5.01. The third-order valence-electron chi connectivity index (χ3n) is 2.22. The van der Waals surface area contributed by atoms with E-state index in [0.29, 0.717) is 17.1 Å². The highest BCUT2D eigenvalue weighted by molar-refractivity contribution is 6.05. The Morgan fingerprint density at radius 3 is 2.78 bits per heavy atom. The third kappa shape index (κ3) is 2.37. The van der Waals surface area contributed by atoms with Gasteiger partial charge in [-0.25, -0.2) is 0 Å². The first-order valence-electron chi connectivity index (χ1n) is 5.01. The van der Waals surface area contributed by atoms with Crippen LogP contribution in [0.3, 0.4) is 0 Å². The summed E-state index contributed by atoms with van der Waals surface area (Å²) in [5.41, 5.74) is 0.321. The second-order valence-electron chi connectivity index (χ2n) is 3.26. The second kappa shape index (κ2) is 5.13. The van der Waals surface area contributed by atoms with Gasteiger partial charge < -0.3 is 9.47 Å². The lowest BCUT2D eigenvalue weighted by Crippen LogP contribution is -2.14. The monoisotopic (exact) mass is 249 g/mol. The molecule has 0 atom stereocenters. The van der Waals surface area contributed by atoms with Crippen molar-refractivity contribution < 1.29 is 14.3 Å². The van der Waals surface area contributed by atoms with Crippen LogP contribution in [0.2, 0.25) is 0 Å². The average Bonchev–Trinajstić information content (AvgIpc) is 2.90. The molecule has 2 rings (SSSR count). The summed E-state index contributed by atoms with van der Waals surface area (Å²) in [4.78, 5) is 12.0. The summed E-state index contributed by atoms with van der Waals surface area (Å²) in [6.45, 7) is 0. The lowest BCUT2D eigenvalue weighted by molar-refractivity contribution is 0.102. The standard InChI is InChI=1S/C10H11N5O3/c1-17-6-3-4-8(18-2)7(5-6)9(16)11-10-12-14-15-13-10/h3-5H,1-2H3,(H2,11,12,13,14,15,16). The third-order valence-corrected chi connectivity index (χ3v) is 2.22. The minimum absolute atomic E-state index is 0.0878. The highest BCUT2D eigenvalue weighted by Gasteiger charge is 2.15. The van der Waals surface area contributed by atoms with Crippen LogP contribution >= 0.6 is 0 Å². The molecule has 94 valence electrons. The number of nitrogens with zero attached hydrogens (tertiary/aromatic N) is 3. The number of carbonyl (C=O) groups excluding carboxylic acids is 1. The summed E-state index contributed by atoms with van der Waals surface area (Å²) in [6, 6.07) is 4.90. The number of amides is 1. The Labute approximate surface area is 102 Å². The van der Waals surface area contributed by atoms with E-state index in [1.807, 2.05) is 0 Å². The Hall–Kier alpha value is -2.64. The number of benzene rings is 1. The molecule has 8 heteroatoms. The quantitative estimate of drug-likeness (QED) is 0.816. The molecule has 0 aliphatic rings. The van der Waals surface area contributed by atoms with E-state index in [9.17, 15) is 4.79 Å². The van der Waals surface area contributed by atoms with Gasteiger partial charge in [-0.2, -0.15) is 5.21 Å². The minimum Gasteiger partial charge on any atom is -0.497 e. The number of methoxy groups -OCH3 is 2. The first-order chi connectivity index (χ1) is 8.74. The van der Waals surface area contributed by atoms with Crippen LogP contribution in [-0.2, 0) is 0 Å². The van der Waals surface area contributed by atoms with Gasteiger partial charge in [-0.15, -0.1) is 5.10 Å². The lowest BCUT2D eigenvalue weighted by Gasteiger charge is -2.09. The van der Waals surface area contributed by atoms with Gasteiger partial charge in [-0.1, -0.05) is 5.10 Å². The van der Waals surface area contributed by atoms with E-state index in [1.165, 1.54) is 14.2 Å². The topological polar surface area (TPSA) is 102 Å². The van der Waals surface area contributed by atoms with Crippen molar-refractivity contribution >= 4 is 11.9 Å². The molecule has 1 amide bonds. The Kier molecular flexibility index (Phi) is 3.37. The van der Waals surface area contributed by atoms with Crippen molar-refractivity contribution in [3.63, 3.8) is 0 Å². The number of ether oxygens (including phenoxy) is 2. The zero-order valence-electron chi connectivity index (χ0n) is 9.80. The van der Waals surface area contributed by atoms with Crippen LogP contribution in [0.15, 0.2) is 18.2 Å². The number of tetrazole rings is 1. The number of rotatable bonds is 4. The molecule has 0 unspecified atom stereocenters. The molecular weight excluding hydrogens is 238 g/mol. The Balaban J connectivity index is 2.27. The summed E-state index contributed by atoms with van der Waals surface area (Å²) >= 11 is 0. The predicted octanol–water partition coefficient (Wildman–Crippen LogP) is 0.469. The maximum absolute atomic E-state index is 12.0. The van der Waals surface area contributed by atoms with Crippen molar-refractivity contribution in [2.24, 2.45) is 0 Å². The number of hydrogen-bond donors (Lipinski definition) is 2. The Morgan fingerprint density at radius 1 is 1.33 bits per heavy atom. The molecule has 0 bridgehead atoms. The van der Waals surface area contributed by atoms with Crippen LogP contribution in [-0.4, -0.2) is 40.8 Å². The molecule has 0 aliphatic heterocycles. The number of anilines is 1. The van der Waals surface area contributed by atoms with Gasteiger partial charge in [-0.3, -0.25) is 10.1 Å². The fraction of sp³-hybridized carbons (Fsp3) is 0.200. The van der Waals surface area contributed by atoms with Crippen molar-refractivity contribution in [3.8, 4) is 11.5 Å².